The highest BCUT2D eigenvalue weighted by atomic mass is 16.6. The summed E-state index contributed by atoms with van der Waals surface area (Å²) in [7, 11) is 2.84. The number of rotatable bonds is 10. The third-order valence-corrected chi connectivity index (χ3v) is 10.6. The minimum atomic E-state index is -1.43. The Kier molecular flexibility index (Phi) is 15.6. The third-order valence-electron chi connectivity index (χ3n) is 10.6. The van der Waals surface area contributed by atoms with E-state index in [4.69, 9.17) is 9.47 Å². The number of nitrogens with one attached hydrogen (secondary N) is 2. The molecule has 0 aromatic heterocycles. The summed E-state index contributed by atoms with van der Waals surface area (Å²) < 4.78 is 11.7. The lowest BCUT2D eigenvalue weighted by Gasteiger charge is -2.36. The van der Waals surface area contributed by atoms with Crippen molar-refractivity contribution in [1.82, 2.24) is 25.3 Å². The van der Waals surface area contributed by atoms with E-state index in [0.29, 0.717) is 36.3 Å². The molecule has 2 heterocycles. The van der Waals surface area contributed by atoms with Crippen molar-refractivity contribution < 1.29 is 43.3 Å². The zero-order chi connectivity index (χ0) is 41.1. The monoisotopic (exact) mass is 775 g/mol. The highest BCUT2D eigenvalue weighted by Crippen LogP contribution is 2.23. The highest BCUT2D eigenvalue weighted by molar-refractivity contribution is 5.97. The van der Waals surface area contributed by atoms with Gasteiger partial charge < -0.3 is 39.9 Å². The fourth-order valence-corrected chi connectivity index (χ4v) is 6.92. The summed E-state index contributed by atoms with van der Waals surface area (Å²) >= 11 is 0. The Labute approximate surface area is 329 Å². The van der Waals surface area contributed by atoms with Crippen molar-refractivity contribution in [1.29, 1.82) is 0 Å². The molecule has 2 saturated heterocycles. The molecule has 56 heavy (non-hydrogen) atoms. The Balaban J connectivity index is 1.75. The Morgan fingerprint density at radius 2 is 1.50 bits per heavy atom. The van der Waals surface area contributed by atoms with Gasteiger partial charge in [-0.15, -0.1) is 0 Å². The smallest absolute Gasteiger partial charge is 0.329 e. The number of carbonyl (C=O) groups excluding carboxylic acids is 6. The van der Waals surface area contributed by atoms with Crippen LogP contribution in [0.3, 0.4) is 0 Å². The number of likely N-dealkylation sites (N-methyl/N-ethyl adjacent to an activating group) is 2. The van der Waals surface area contributed by atoms with E-state index in [0.717, 1.165) is 5.57 Å². The number of cyclic esters (lactones) is 1. The molecule has 2 aromatic rings. The van der Waals surface area contributed by atoms with Gasteiger partial charge in [0, 0.05) is 33.5 Å². The normalized spacial score (nSPS) is 25.0. The van der Waals surface area contributed by atoms with Gasteiger partial charge in [-0.05, 0) is 68.9 Å². The molecular weight excluding hydrogens is 718 g/mol. The molecule has 0 aliphatic carbocycles. The van der Waals surface area contributed by atoms with Gasteiger partial charge in [-0.25, -0.2) is 4.79 Å². The zero-order valence-electron chi connectivity index (χ0n) is 33.5. The number of nitrogens with zero attached hydrogens (tertiary/aromatic N) is 3. The van der Waals surface area contributed by atoms with Gasteiger partial charge in [0.1, 0.15) is 42.6 Å². The van der Waals surface area contributed by atoms with E-state index in [1.54, 1.807) is 55.5 Å². The molecule has 0 radical (unpaired) electrons. The molecule has 0 spiro atoms. The molecule has 0 bridgehead atoms. The van der Waals surface area contributed by atoms with Crippen molar-refractivity contribution in [3.63, 3.8) is 0 Å². The van der Waals surface area contributed by atoms with Crippen molar-refractivity contribution >= 4 is 35.5 Å². The Hall–Kier alpha value is -5.24. The average Bonchev–Trinajstić information content (AvgIpc) is 3.69. The minimum Gasteiger partial charge on any atom is -0.490 e. The van der Waals surface area contributed by atoms with Gasteiger partial charge in [-0.1, -0.05) is 68.3 Å². The molecule has 4 rings (SSSR count). The maximum atomic E-state index is 14.4. The molecule has 14 nitrogen and oxygen atoms in total. The van der Waals surface area contributed by atoms with E-state index in [9.17, 15) is 33.9 Å². The van der Waals surface area contributed by atoms with Crippen molar-refractivity contribution in [2.24, 2.45) is 5.92 Å². The lowest BCUT2D eigenvalue weighted by atomic mass is 9.95. The van der Waals surface area contributed by atoms with Crippen LogP contribution in [0.15, 0.2) is 66.2 Å². The Morgan fingerprint density at radius 3 is 2.12 bits per heavy atom. The number of hydrogen-bond acceptors (Lipinski definition) is 9. The number of allylic oxidation sites excluding steroid dienone is 1. The minimum absolute atomic E-state index is 0.00686. The fourth-order valence-electron chi connectivity index (χ4n) is 6.92. The Morgan fingerprint density at radius 1 is 0.875 bits per heavy atom. The number of benzene rings is 2. The first-order chi connectivity index (χ1) is 26.7. The molecule has 2 fully saturated rings. The molecule has 5 amide bonds. The second-order valence-electron chi connectivity index (χ2n) is 15.0. The van der Waals surface area contributed by atoms with E-state index >= 15 is 0 Å². The maximum Gasteiger partial charge on any atom is 0.329 e. The zero-order valence-corrected chi connectivity index (χ0v) is 33.5. The summed E-state index contributed by atoms with van der Waals surface area (Å²) in [5, 5.41) is 15.8. The lowest BCUT2D eigenvalue weighted by Crippen LogP contribution is -2.61. The largest absolute Gasteiger partial charge is 0.490 e. The van der Waals surface area contributed by atoms with Crippen molar-refractivity contribution in [2.75, 3.05) is 33.9 Å². The first-order valence-electron chi connectivity index (χ1n) is 19.3. The first kappa shape index (κ1) is 43.5. The third kappa shape index (κ3) is 11.0. The van der Waals surface area contributed by atoms with Crippen LogP contribution < -0.4 is 15.4 Å². The van der Waals surface area contributed by atoms with Crippen molar-refractivity contribution in [3.8, 4) is 5.75 Å². The molecule has 0 unspecified atom stereocenters. The quantitative estimate of drug-likeness (QED) is 0.242. The highest BCUT2D eigenvalue weighted by Gasteiger charge is 2.43. The molecule has 3 N–H and O–H groups in total. The molecule has 7 atom stereocenters. The summed E-state index contributed by atoms with van der Waals surface area (Å²) in [5.74, 6) is -3.83. The van der Waals surface area contributed by atoms with Gasteiger partial charge >= 0.3 is 5.97 Å². The standard InChI is InChI=1S/C42H57N5O9/c1-8-27(4)36-38(50)43-32(23-30-16-18-31(19-17-30)55-22-20-26(2)3)39(51)45(6)28(5)42(54)56-35(24-29-13-10-9-11-14-29)41(53)47-21-12-15-34(47)37(49)44-33(25-48)40(52)46(36)7/h9-11,13-14,16-20,27-28,32-36,48H,8,12,15,21-25H2,1-7H3,(H,43,50)(H,44,49)/t27-,28+,32+,33+,34+,35-,36+/m1/s1. The number of carbonyl (C=O) groups is 6. The first-order valence-corrected chi connectivity index (χ1v) is 19.3. The number of aliphatic hydroxyl groups is 1. The summed E-state index contributed by atoms with van der Waals surface area (Å²) in [6, 6.07) is 10.1. The van der Waals surface area contributed by atoms with Crippen LogP contribution in [-0.4, -0.2) is 125 Å². The second-order valence-corrected chi connectivity index (χ2v) is 15.0. The van der Waals surface area contributed by atoms with E-state index in [-0.39, 0.29) is 25.8 Å². The van der Waals surface area contributed by atoms with Crippen LogP contribution in [-0.2, 0) is 46.3 Å². The van der Waals surface area contributed by atoms with Crippen LogP contribution in [0.5, 0.6) is 5.75 Å². The Bertz CT molecular complexity index is 1730. The van der Waals surface area contributed by atoms with Crippen molar-refractivity contribution in [2.45, 2.75) is 103 Å². The maximum absolute atomic E-state index is 14.4. The molecule has 2 aromatic carbocycles. The summed E-state index contributed by atoms with van der Waals surface area (Å²) in [6.07, 6.45) is 1.87. The summed E-state index contributed by atoms with van der Waals surface area (Å²) in [6.45, 7) is 8.89. The van der Waals surface area contributed by atoms with E-state index in [2.05, 4.69) is 10.6 Å². The topological polar surface area (TPSA) is 175 Å². The lowest BCUT2D eigenvalue weighted by molar-refractivity contribution is -0.166. The van der Waals surface area contributed by atoms with Crippen molar-refractivity contribution in [3.05, 3.63) is 77.4 Å². The molecule has 2 aliphatic rings. The second kappa shape index (κ2) is 20.1. The van der Waals surface area contributed by atoms with E-state index in [1.165, 1.54) is 35.7 Å². The predicted molar refractivity (Wildman–Crippen MR) is 209 cm³/mol. The van der Waals surface area contributed by atoms with Gasteiger partial charge in [-0.2, -0.15) is 0 Å². The molecular formula is C42H57N5O9. The molecule has 0 saturated carbocycles. The number of esters is 1. The van der Waals surface area contributed by atoms with Crippen LogP contribution >= 0.6 is 0 Å². The molecule has 14 heteroatoms. The predicted octanol–water partition coefficient (Wildman–Crippen LogP) is 2.42. The number of fused-ring (bicyclic) bond motifs is 1. The summed E-state index contributed by atoms with van der Waals surface area (Å²) in [5.41, 5.74) is 2.51. The number of hydrogen-bond donors (Lipinski definition) is 3. The van der Waals surface area contributed by atoms with Gasteiger partial charge in [0.25, 0.3) is 5.91 Å². The molecule has 2 aliphatic heterocycles. The van der Waals surface area contributed by atoms with Gasteiger partial charge in [0.05, 0.1) is 6.61 Å². The number of ether oxygens (including phenoxy) is 2. The van der Waals surface area contributed by atoms with Crippen LogP contribution in [0.1, 0.15) is 65.0 Å². The van der Waals surface area contributed by atoms with Gasteiger partial charge in [0.2, 0.25) is 23.6 Å². The average molecular weight is 776 g/mol. The van der Waals surface area contributed by atoms with E-state index < -0.39 is 84.3 Å². The van der Waals surface area contributed by atoms with E-state index in [1.807, 2.05) is 32.9 Å². The SMILES string of the molecule is CC[C@@H](C)[C@H]1C(=O)N[C@@H](Cc2ccc(OCC=C(C)C)cc2)C(=O)N(C)[C@@H](C)C(=O)O[C@H](Cc2ccccc2)C(=O)N2CCC[C@H]2C(=O)N[C@@H](CO)C(=O)N1C. The fraction of sp³-hybridized carbons (Fsp3) is 0.524. The van der Waals surface area contributed by atoms with Crippen LogP contribution in [0.2, 0.25) is 0 Å². The van der Waals surface area contributed by atoms with Crippen LogP contribution in [0, 0.1) is 5.92 Å². The van der Waals surface area contributed by atoms with Crippen LogP contribution in [0.25, 0.3) is 0 Å². The van der Waals surface area contributed by atoms with Crippen LogP contribution in [0.4, 0.5) is 0 Å². The van der Waals surface area contributed by atoms with Gasteiger partial charge in [0.15, 0.2) is 6.10 Å². The number of aliphatic hydroxyl groups excluding tert-OH is 1. The summed E-state index contributed by atoms with van der Waals surface area (Å²) in [4.78, 5) is 88.1. The number of amides is 5. The van der Waals surface area contributed by atoms with Gasteiger partial charge in [-0.3, -0.25) is 24.0 Å². The molecule has 304 valence electrons.